The van der Waals surface area contributed by atoms with Crippen molar-refractivity contribution in [3.8, 4) is 5.75 Å². The Morgan fingerprint density at radius 2 is 2.04 bits per heavy atom. The number of likely N-dealkylation sites (tertiary alicyclic amines) is 1. The van der Waals surface area contributed by atoms with Gasteiger partial charge in [-0.15, -0.1) is 0 Å². The fourth-order valence-corrected chi connectivity index (χ4v) is 4.13. The molecular formula is C19H17ClN4O2. The van der Waals surface area contributed by atoms with Crippen LogP contribution in [-0.4, -0.2) is 40.0 Å². The molecule has 1 aromatic heterocycles. The first kappa shape index (κ1) is 16.8. The molecule has 1 saturated heterocycles. The van der Waals surface area contributed by atoms with Crippen molar-refractivity contribution in [2.75, 3.05) is 13.1 Å². The van der Waals surface area contributed by atoms with Gasteiger partial charge >= 0.3 is 0 Å². The number of benzene rings is 1. The van der Waals surface area contributed by atoms with Crippen LogP contribution in [-0.2, 0) is 0 Å². The van der Waals surface area contributed by atoms with Crippen LogP contribution in [0.5, 0.6) is 5.75 Å². The van der Waals surface area contributed by atoms with Crippen molar-refractivity contribution in [1.82, 2.24) is 14.9 Å². The van der Waals surface area contributed by atoms with Gasteiger partial charge in [-0.05, 0) is 36.8 Å². The number of carbonyl (C=O) groups is 1. The van der Waals surface area contributed by atoms with Crippen molar-refractivity contribution < 1.29 is 9.53 Å². The van der Waals surface area contributed by atoms with Crippen molar-refractivity contribution in [2.45, 2.75) is 18.9 Å². The molecule has 0 radical (unpaired) electrons. The number of amides is 1. The lowest BCUT2D eigenvalue weighted by atomic mass is 10.0. The van der Waals surface area contributed by atoms with Gasteiger partial charge in [0, 0.05) is 25.5 Å². The highest BCUT2D eigenvalue weighted by atomic mass is 35.5. The summed E-state index contributed by atoms with van der Waals surface area (Å²) in [5.74, 6) is 1.53. The maximum atomic E-state index is 12.5. The molecule has 2 unspecified atom stereocenters. The standard InChI is InChI=1S/C19H17ClN4O2/c1-21-17-3-2-14(8-16(17)20)26-15-6-12-10-24(11-13(12)7-15)19(25)18-9-22-4-5-23-18/h2-5,8-9,12-13,15H,6-7,10-11H2. The van der Waals surface area contributed by atoms with Crippen molar-refractivity contribution >= 4 is 23.2 Å². The Balaban J connectivity index is 1.36. The molecule has 2 atom stereocenters. The molecule has 0 spiro atoms. The zero-order valence-corrected chi connectivity index (χ0v) is 14.8. The number of fused-ring (bicyclic) bond motifs is 1. The third-order valence-electron chi connectivity index (χ3n) is 5.12. The van der Waals surface area contributed by atoms with Crippen molar-refractivity contribution in [1.29, 1.82) is 0 Å². The van der Waals surface area contributed by atoms with E-state index in [1.807, 2.05) is 4.90 Å². The first-order chi connectivity index (χ1) is 12.6. The molecule has 2 fully saturated rings. The summed E-state index contributed by atoms with van der Waals surface area (Å²) in [6.45, 7) is 8.51. The van der Waals surface area contributed by atoms with E-state index >= 15 is 0 Å². The number of ether oxygens (including phenoxy) is 1. The van der Waals surface area contributed by atoms with Crippen LogP contribution >= 0.6 is 11.6 Å². The van der Waals surface area contributed by atoms with Crippen LogP contribution in [0.2, 0.25) is 5.02 Å². The van der Waals surface area contributed by atoms with Crippen molar-refractivity contribution in [3.63, 3.8) is 0 Å². The summed E-state index contributed by atoms with van der Waals surface area (Å²) >= 11 is 6.07. The second-order valence-corrected chi connectivity index (χ2v) is 7.16. The van der Waals surface area contributed by atoms with Crippen LogP contribution in [0.15, 0.2) is 36.8 Å². The van der Waals surface area contributed by atoms with Gasteiger partial charge in [0.25, 0.3) is 5.91 Å². The van der Waals surface area contributed by atoms with Gasteiger partial charge in [0.1, 0.15) is 11.4 Å². The highest BCUT2D eigenvalue weighted by Gasteiger charge is 2.43. The molecule has 1 aliphatic carbocycles. The number of hydrogen-bond acceptors (Lipinski definition) is 4. The van der Waals surface area contributed by atoms with Crippen molar-refractivity contribution in [2.24, 2.45) is 11.8 Å². The molecule has 2 aliphatic rings. The molecular weight excluding hydrogens is 352 g/mol. The Morgan fingerprint density at radius 3 is 2.65 bits per heavy atom. The summed E-state index contributed by atoms with van der Waals surface area (Å²) in [5, 5.41) is 0.413. The van der Waals surface area contributed by atoms with Gasteiger partial charge in [-0.25, -0.2) is 9.83 Å². The molecule has 1 aliphatic heterocycles. The normalized spacial score (nSPS) is 24.2. The van der Waals surface area contributed by atoms with Crippen LogP contribution in [0.4, 0.5) is 5.69 Å². The van der Waals surface area contributed by atoms with E-state index in [1.165, 1.54) is 6.20 Å². The minimum Gasteiger partial charge on any atom is -0.490 e. The lowest BCUT2D eigenvalue weighted by molar-refractivity contribution is 0.0763. The molecule has 2 heterocycles. The van der Waals surface area contributed by atoms with E-state index in [2.05, 4.69) is 14.8 Å². The Hall–Kier alpha value is -2.65. The average molecular weight is 369 g/mol. The Bertz CT molecular complexity index is 854. The first-order valence-corrected chi connectivity index (χ1v) is 8.91. The SMILES string of the molecule is [C-]#[N+]c1ccc(OC2CC3CN(C(=O)c4cnccn4)CC3C2)cc1Cl. The molecule has 1 saturated carbocycles. The van der Waals surface area contributed by atoms with E-state index in [1.54, 1.807) is 30.6 Å². The second kappa shape index (κ2) is 6.93. The number of rotatable bonds is 3. The first-order valence-electron chi connectivity index (χ1n) is 8.53. The fourth-order valence-electron chi connectivity index (χ4n) is 3.92. The van der Waals surface area contributed by atoms with Crippen LogP contribution in [0.25, 0.3) is 4.85 Å². The molecule has 26 heavy (non-hydrogen) atoms. The van der Waals surface area contributed by atoms with Crippen LogP contribution < -0.4 is 4.74 Å². The van der Waals surface area contributed by atoms with Gasteiger partial charge in [0.15, 0.2) is 0 Å². The molecule has 4 rings (SSSR count). The Kier molecular flexibility index (Phi) is 4.48. The predicted octanol–water partition coefficient (Wildman–Crippen LogP) is 3.61. The Morgan fingerprint density at radius 1 is 1.27 bits per heavy atom. The monoisotopic (exact) mass is 368 g/mol. The number of carbonyl (C=O) groups excluding carboxylic acids is 1. The molecule has 7 heteroatoms. The molecule has 2 aromatic rings. The van der Waals surface area contributed by atoms with Gasteiger partial charge in [-0.1, -0.05) is 17.7 Å². The van der Waals surface area contributed by atoms with Crippen LogP contribution in [0.1, 0.15) is 23.3 Å². The van der Waals surface area contributed by atoms with E-state index in [0.29, 0.717) is 34.0 Å². The predicted molar refractivity (Wildman–Crippen MR) is 96.3 cm³/mol. The summed E-state index contributed by atoms with van der Waals surface area (Å²) in [6.07, 6.45) is 6.56. The molecule has 1 aromatic carbocycles. The topological polar surface area (TPSA) is 59.7 Å². The highest BCUT2D eigenvalue weighted by Crippen LogP contribution is 2.40. The van der Waals surface area contributed by atoms with E-state index in [4.69, 9.17) is 22.9 Å². The lowest BCUT2D eigenvalue weighted by Gasteiger charge is -2.20. The van der Waals surface area contributed by atoms with E-state index in [0.717, 1.165) is 25.9 Å². The van der Waals surface area contributed by atoms with Gasteiger partial charge in [-0.3, -0.25) is 9.78 Å². The zero-order chi connectivity index (χ0) is 18.1. The third kappa shape index (κ3) is 3.23. The zero-order valence-electron chi connectivity index (χ0n) is 14.0. The molecule has 0 bridgehead atoms. The minimum atomic E-state index is -0.0496. The molecule has 132 valence electrons. The van der Waals surface area contributed by atoms with Crippen molar-refractivity contribution in [3.05, 3.63) is 58.9 Å². The summed E-state index contributed by atoms with van der Waals surface area (Å²) in [4.78, 5) is 25.8. The Labute approximate surface area is 156 Å². The van der Waals surface area contributed by atoms with Gasteiger partial charge in [0.2, 0.25) is 5.69 Å². The summed E-state index contributed by atoms with van der Waals surface area (Å²) in [6, 6.07) is 5.17. The maximum Gasteiger partial charge on any atom is 0.274 e. The average Bonchev–Trinajstić information content (AvgIpc) is 3.20. The van der Waals surface area contributed by atoms with Crippen LogP contribution in [0.3, 0.4) is 0 Å². The van der Waals surface area contributed by atoms with E-state index in [-0.39, 0.29) is 12.0 Å². The molecule has 6 nitrogen and oxygen atoms in total. The van der Waals surface area contributed by atoms with Gasteiger partial charge < -0.3 is 9.64 Å². The second-order valence-electron chi connectivity index (χ2n) is 6.76. The highest BCUT2D eigenvalue weighted by molar-refractivity contribution is 6.33. The number of nitrogens with zero attached hydrogens (tertiary/aromatic N) is 4. The van der Waals surface area contributed by atoms with Gasteiger partial charge in [-0.2, -0.15) is 0 Å². The number of halogens is 1. The quantitative estimate of drug-likeness (QED) is 0.776. The summed E-state index contributed by atoms with van der Waals surface area (Å²) in [5.41, 5.74) is 0.829. The van der Waals surface area contributed by atoms with Gasteiger partial charge in [0.05, 0.1) is 23.9 Å². The smallest absolute Gasteiger partial charge is 0.274 e. The fraction of sp³-hybridized carbons (Fsp3) is 0.368. The molecule has 0 N–H and O–H groups in total. The summed E-state index contributed by atoms with van der Waals surface area (Å²) < 4.78 is 6.06. The molecule has 1 amide bonds. The number of aromatic nitrogens is 2. The number of hydrogen-bond donors (Lipinski definition) is 0. The van der Waals surface area contributed by atoms with Crippen LogP contribution in [0, 0.1) is 18.4 Å². The maximum absolute atomic E-state index is 12.5. The third-order valence-corrected chi connectivity index (χ3v) is 5.42. The lowest BCUT2D eigenvalue weighted by Crippen LogP contribution is -2.31. The van der Waals surface area contributed by atoms with E-state index < -0.39 is 0 Å². The van der Waals surface area contributed by atoms with E-state index in [9.17, 15) is 4.79 Å². The summed E-state index contributed by atoms with van der Waals surface area (Å²) in [7, 11) is 0. The largest absolute Gasteiger partial charge is 0.490 e. The minimum absolute atomic E-state index is 0.0496.